The van der Waals surface area contributed by atoms with Crippen LogP contribution >= 0.6 is 22.9 Å². The lowest BCUT2D eigenvalue weighted by Gasteiger charge is -2.13. The van der Waals surface area contributed by atoms with E-state index in [4.69, 9.17) is 16.3 Å². The third kappa shape index (κ3) is 4.34. The van der Waals surface area contributed by atoms with Crippen LogP contribution < -0.4 is 4.74 Å². The SMILES string of the molecule is COc1ccccc1/C=C/C(=O)N(C)Cc1ccc(Cl)s1. The number of thiophene rings is 1. The number of hydrogen-bond acceptors (Lipinski definition) is 3. The monoisotopic (exact) mass is 321 g/mol. The molecule has 1 heterocycles. The molecule has 0 fully saturated rings. The summed E-state index contributed by atoms with van der Waals surface area (Å²) in [5.41, 5.74) is 0.876. The van der Waals surface area contributed by atoms with Gasteiger partial charge in [-0.1, -0.05) is 29.8 Å². The maximum Gasteiger partial charge on any atom is 0.246 e. The van der Waals surface area contributed by atoms with Gasteiger partial charge in [-0.3, -0.25) is 4.79 Å². The standard InChI is InChI=1S/C16H16ClNO2S/c1-18(11-13-8-9-15(17)21-13)16(19)10-7-12-5-3-4-6-14(12)20-2/h3-10H,11H2,1-2H3/b10-7+. The summed E-state index contributed by atoms with van der Waals surface area (Å²) >= 11 is 7.37. The van der Waals surface area contributed by atoms with Crippen LogP contribution in [0.2, 0.25) is 4.34 Å². The topological polar surface area (TPSA) is 29.5 Å². The second-order valence-corrected chi connectivity index (χ2v) is 6.28. The number of carbonyl (C=O) groups is 1. The zero-order chi connectivity index (χ0) is 15.2. The molecule has 0 saturated carbocycles. The fourth-order valence-corrected chi connectivity index (χ4v) is 2.98. The Labute approximate surface area is 133 Å². The summed E-state index contributed by atoms with van der Waals surface area (Å²) in [6.07, 6.45) is 3.31. The number of hydrogen-bond donors (Lipinski definition) is 0. The number of ether oxygens (including phenoxy) is 1. The van der Waals surface area contributed by atoms with Crippen molar-refractivity contribution in [3.63, 3.8) is 0 Å². The van der Waals surface area contributed by atoms with Gasteiger partial charge in [-0.25, -0.2) is 0 Å². The van der Waals surface area contributed by atoms with Crippen LogP contribution in [0.25, 0.3) is 6.08 Å². The Morgan fingerprint density at radius 3 is 2.76 bits per heavy atom. The fourth-order valence-electron chi connectivity index (χ4n) is 1.84. The van der Waals surface area contributed by atoms with E-state index in [0.29, 0.717) is 6.54 Å². The Bertz CT molecular complexity index is 651. The zero-order valence-electron chi connectivity index (χ0n) is 11.9. The first-order chi connectivity index (χ1) is 10.1. The van der Waals surface area contributed by atoms with Gasteiger partial charge >= 0.3 is 0 Å². The summed E-state index contributed by atoms with van der Waals surface area (Å²) in [6, 6.07) is 11.3. The Balaban J connectivity index is 2.01. The molecule has 0 radical (unpaired) electrons. The molecule has 0 aliphatic carbocycles. The Kier molecular flexibility index (Phi) is 5.42. The molecule has 0 unspecified atom stereocenters. The second kappa shape index (κ2) is 7.29. The van der Waals surface area contributed by atoms with E-state index >= 15 is 0 Å². The van der Waals surface area contributed by atoms with Gasteiger partial charge < -0.3 is 9.64 Å². The molecule has 0 saturated heterocycles. The fraction of sp³-hybridized carbons (Fsp3) is 0.188. The van der Waals surface area contributed by atoms with Crippen molar-refractivity contribution in [1.82, 2.24) is 4.90 Å². The summed E-state index contributed by atoms with van der Waals surface area (Å²) < 4.78 is 5.98. The highest BCUT2D eigenvalue weighted by Crippen LogP contribution is 2.22. The molecule has 2 aromatic rings. The summed E-state index contributed by atoms with van der Waals surface area (Å²) in [5, 5.41) is 0. The molecule has 5 heteroatoms. The molecule has 1 amide bonds. The lowest BCUT2D eigenvalue weighted by atomic mass is 10.2. The summed E-state index contributed by atoms with van der Waals surface area (Å²) in [5.74, 6) is 0.680. The Morgan fingerprint density at radius 2 is 2.10 bits per heavy atom. The van der Waals surface area contributed by atoms with E-state index in [2.05, 4.69) is 0 Å². The van der Waals surface area contributed by atoms with Gasteiger partial charge in [-0.05, 0) is 24.3 Å². The van der Waals surface area contributed by atoms with Crippen LogP contribution in [0.3, 0.4) is 0 Å². The van der Waals surface area contributed by atoms with Crippen molar-refractivity contribution in [3.05, 3.63) is 57.3 Å². The molecular formula is C16H16ClNO2S. The van der Waals surface area contributed by atoms with E-state index < -0.39 is 0 Å². The minimum atomic E-state index is -0.0644. The number of halogens is 1. The number of para-hydroxylation sites is 1. The molecule has 0 atom stereocenters. The number of nitrogens with zero attached hydrogens (tertiary/aromatic N) is 1. The van der Waals surface area contributed by atoms with E-state index in [9.17, 15) is 4.79 Å². The number of carbonyl (C=O) groups excluding carboxylic acids is 1. The van der Waals surface area contributed by atoms with Crippen molar-refractivity contribution in [1.29, 1.82) is 0 Å². The van der Waals surface area contributed by atoms with Crippen LogP contribution in [0.1, 0.15) is 10.4 Å². The zero-order valence-corrected chi connectivity index (χ0v) is 13.4. The van der Waals surface area contributed by atoms with E-state index in [-0.39, 0.29) is 5.91 Å². The first-order valence-electron chi connectivity index (χ1n) is 6.40. The van der Waals surface area contributed by atoms with Crippen LogP contribution in [-0.2, 0) is 11.3 Å². The van der Waals surface area contributed by atoms with E-state index in [1.54, 1.807) is 31.2 Å². The van der Waals surface area contributed by atoms with E-state index in [1.165, 1.54) is 11.3 Å². The third-order valence-electron chi connectivity index (χ3n) is 2.94. The van der Waals surface area contributed by atoms with Crippen molar-refractivity contribution in [2.75, 3.05) is 14.2 Å². The predicted octanol–water partition coefficient (Wildman–Crippen LogP) is 4.08. The van der Waals surface area contributed by atoms with Crippen molar-refractivity contribution in [2.24, 2.45) is 0 Å². The first kappa shape index (κ1) is 15.6. The normalized spacial score (nSPS) is 10.8. The minimum Gasteiger partial charge on any atom is -0.496 e. The molecule has 0 N–H and O–H groups in total. The molecule has 21 heavy (non-hydrogen) atoms. The predicted molar refractivity (Wildman–Crippen MR) is 87.8 cm³/mol. The average molecular weight is 322 g/mol. The smallest absolute Gasteiger partial charge is 0.246 e. The van der Waals surface area contributed by atoms with Gasteiger partial charge in [0.15, 0.2) is 0 Å². The second-order valence-electron chi connectivity index (χ2n) is 4.48. The van der Waals surface area contributed by atoms with Crippen molar-refractivity contribution in [3.8, 4) is 5.75 Å². The van der Waals surface area contributed by atoms with Gasteiger partial charge in [0.05, 0.1) is 18.0 Å². The van der Waals surface area contributed by atoms with Crippen LogP contribution in [-0.4, -0.2) is 25.0 Å². The molecule has 0 aliphatic heterocycles. The highest BCUT2D eigenvalue weighted by Gasteiger charge is 2.08. The molecule has 1 aromatic heterocycles. The number of methoxy groups -OCH3 is 1. The summed E-state index contributed by atoms with van der Waals surface area (Å²) in [4.78, 5) is 14.8. The van der Waals surface area contributed by atoms with E-state index in [1.807, 2.05) is 36.4 Å². The van der Waals surface area contributed by atoms with Gasteiger partial charge in [-0.2, -0.15) is 0 Å². The lowest BCUT2D eigenvalue weighted by molar-refractivity contribution is -0.125. The molecule has 2 rings (SSSR count). The van der Waals surface area contributed by atoms with Crippen molar-refractivity contribution in [2.45, 2.75) is 6.54 Å². The number of benzene rings is 1. The molecule has 0 aliphatic rings. The number of likely N-dealkylation sites (N-methyl/N-ethyl adjacent to an activating group) is 1. The lowest BCUT2D eigenvalue weighted by Crippen LogP contribution is -2.23. The molecule has 3 nitrogen and oxygen atoms in total. The maximum atomic E-state index is 12.1. The van der Waals surface area contributed by atoms with Gasteiger partial charge in [-0.15, -0.1) is 11.3 Å². The van der Waals surface area contributed by atoms with Gasteiger partial charge in [0.1, 0.15) is 5.75 Å². The molecule has 0 bridgehead atoms. The average Bonchev–Trinajstić information content (AvgIpc) is 2.90. The minimum absolute atomic E-state index is 0.0644. The van der Waals surface area contributed by atoms with Crippen LogP contribution in [0.5, 0.6) is 5.75 Å². The van der Waals surface area contributed by atoms with Crippen LogP contribution in [0.4, 0.5) is 0 Å². The molecule has 0 spiro atoms. The van der Waals surface area contributed by atoms with Gasteiger partial charge in [0.2, 0.25) is 5.91 Å². The van der Waals surface area contributed by atoms with Gasteiger partial charge in [0, 0.05) is 23.6 Å². The Morgan fingerprint density at radius 1 is 1.33 bits per heavy atom. The first-order valence-corrected chi connectivity index (χ1v) is 7.60. The maximum absolute atomic E-state index is 12.1. The third-order valence-corrected chi connectivity index (χ3v) is 4.16. The van der Waals surface area contributed by atoms with Crippen molar-refractivity contribution >= 4 is 34.9 Å². The molecule has 1 aromatic carbocycles. The largest absolute Gasteiger partial charge is 0.496 e. The van der Waals surface area contributed by atoms with Gasteiger partial charge in [0.25, 0.3) is 0 Å². The van der Waals surface area contributed by atoms with Crippen LogP contribution in [0.15, 0.2) is 42.5 Å². The molecular weight excluding hydrogens is 306 g/mol. The quantitative estimate of drug-likeness (QED) is 0.776. The Hall–Kier alpha value is -1.78. The van der Waals surface area contributed by atoms with Crippen LogP contribution in [0, 0.1) is 0 Å². The summed E-state index contributed by atoms with van der Waals surface area (Å²) in [7, 11) is 3.38. The molecule has 110 valence electrons. The summed E-state index contributed by atoms with van der Waals surface area (Å²) in [6.45, 7) is 0.548. The highest BCUT2D eigenvalue weighted by molar-refractivity contribution is 7.16. The number of rotatable bonds is 5. The number of amides is 1. The van der Waals surface area contributed by atoms with E-state index in [0.717, 1.165) is 20.5 Å². The van der Waals surface area contributed by atoms with Crippen molar-refractivity contribution < 1.29 is 9.53 Å². The highest BCUT2D eigenvalue weighted by atomic mass is 35.5.